The number of anilines is 1. The van der Waals surface area contributed by atoms with Crippen molar-refractivity contribution < 1.29 is 9.66 Å². The van der Waals surface area contributed by atoms with Gasteiger partial charge >= 0.3 is 0 Å². The van der Waals surface area contributed by atoms with Gasteiger partial charge in [0.25, 0.3) is 5.69 Å². The molecule has 7 heteroatoms. The van der Waals surface area contributed by atoms with Crippen molar-refractivity contribution in [2.24, 2.45) is 0 Å². The van der Waals surface area contributed by atoms with Gasteiger partial charge in [0.1, 0.15) is 0 Å². The SMILES string of the molecule is CCOc1ncccc1NCc1cc([N+](=O)[O-])ccc1Cl. The lowest BCUT2D eigenvalue weighted by molar-refractivity contribution is -0.384. The summed E-state index contributed by atoms with van der Waals surface area (Å²) in [4.78, 5) is 14.5. The molecular weight excluding hydrogens is 294 g/mol. The Balaban J connectivity index is 2.16. The molecule has 110 valence electrons. The molecule has 0 spiro atoms. The highest BCUT2D eigenvalue weighted by Gasteiger charge is 2.10. The van der Waals surface area contributed by atoms with Crippen LogP contribution in [0, 0.1) is 10.1 Å². The summed E-state index contributed by atoms with van der Waals surface area (Å²) in [5.74, 6) is 0.488. The highest BCUT2D eigenvalue weighted by atomic mass is 35.5. The van der Waals surface area contributed by atoms with Crippen LogP contribution in [0.5, 0.6) is 5.88 Å². The predicted octanol–water partition coefficient (Wildman–Crippen LogP) is 3.65. The van der Waals surface area contributed by atoms with Crippen molar-refractivity contribution in [1.82, 2.24) is 4.98 Å². The number of halogens is 1. The van der Waals surface area contributed by atoms with E-state index in [1.807, 2.05) is 13.0 Å². The summed E-state index contributed by atoms with van der Waals surface area (Å²) < 4.78 is 5.40. The summed E-state index contributed by atoms with van der Waals surface area (Å²) >= 11 is 6.06. The molecule has 0 radical (unpaired) electrons. The number of ether oxygens (including phenoxy) is 1. The highest BCUT2D eigenvalue weighted by molar-refractivity contribution is 6.31. The largest absolute Gasteiger partial charge is 0.476 e. The molecular formula is C14H14ClN3O3. The molecule has 1 heterocycles. The van der Waals surface area contributed by atoms with Crippen LogP contribution in [0.25, 0.3) is 0 Å². The van der Waals surface area contributed by atoms with Crippen molar-refractivity contribution in [2.75, 3.05) is 11.9 Å². The summed E-state index contributed by atoms with van der Waals surface area (Å²) in [5.41, 5.74) is 1.35. The predicted molar refractivity (Wildman–Crippen MR) is 80.8 cm³/mol. The maximum atomic E-state index is 10.8. The third kappa shape index (κ3) is 3.82. The average Bonchev–Trinajstić information content (AvgIpc) is 2.48. The van der Waals surface area contributed by atoms with E-state index >= 15 is 0 Å². The summed E-state index contributed by atoms with van der Waals surface area (Å²) in [7, 11) is 0. The van der Waals surface area contributed by atoms with E-state index in [2.05, 4.69) is 10.3 Å². The first-order valence-electron chi connectivity index (χ1n) is 6.36. The normalized spacial score (nSPS) is 10.2. The minimum atomic E-state index is -0.449. The van der Waals surface area contributed by atoms with Crippen LogP contribution in [0.3, 0.4) is 0 Å². The van der Waals surface area contributed by atoms with Crippen molar-refractivity contribution in [3.05, 3.63) is 57.2 Å². The first-order valence-corrected chi connectivity index (χ1v) is 6.74. The van der Waals surface area contributed by atoms with Gasteiger partial charge in [0.15, 0.2) is 0 Å². The molecule has 1 aromatic heterocycles. The second-order valence-corrected chi connectivity index (χ2v) is 4.58. The zero-order valence-corrected chi connectivity index (χ0v) is 12.1. The van der Waals surface area contributed by atoms with Gasteiger partial charge in [-0.25, -0.2) is 4.98 Å². The molecule has 0 saturated carbocycles. The third-order valence-electron chi connectivity index (χ3n) is 2.76. The molecule has 0 bridgehead atoms. The molecule has 6 nitrogen and oxygen atoms in total. The number of nitrogens with one attached hydrogen (secondary N) is 1. The zero-order valence-electron chi connectivity index (χ0n) is 11.4. The van der Waals surface area contributed by atoms with E-state index in [1.54, 1.807) is 12.3 Å². The number of aromatic nitrogens is 1. The number of benzene rings is 1. The van der Waals surface area contributed by atoms with Gasteiger partial charge in [-0.15, -0.1) is 0 Å². The smallest absolute Gasteiger partial charge is 0.269 e. The number of nitrogens with zero attached hydrogens (tertiary/aromatic N) is 2. The fourth-order valence-electron chi connectivity index (χ4n) is 1.78. The van der Waals surface area contributed by atoms with E-state index < -0.39 is 4.92 Å². The standard InChI is InChI=1S/C14H14ClN3O3/c1-2-21-14-13(4-3-7-16-14)17-9-10-8-11(18(19)20)5-6-12(10)15/h3-8,17H,2,9H2,1H3. The van der Waals surface area contributed by atoms with E-state index in [9.17, 15) is 10.1 Å². The van der Waals surface area contributed by atoms with E-state index in [1.165, 1.54) is 18.2 Å². The molecule has 0 aliphatic rings. The lowest BCUT2D eigenvalue weighted by Crippen LogP contribution is -2.04. The second-order valence-electron chi connectivity index (χ2n) is 4.18. The zero-order chi connectivity index (χ0) is 15.2. The maximum Gasteiger partial charge on any atom is 0.269 e. The Bertz CT molecular complexity index is 649. The number of nitro benzene ring substituents is 1. The van der Waals surface area contributed by atoms with Crippen molar-refractivity contribution in [3.8, 4) is 5.88 Å². The minimum Gasteiger partial charge on any atom is -0.476 e. The molecule has 0 atom stereocenters. The second kappa shape index (κ2) is 6.90. The van der Waals surface area contributed by atoms with E-state index in [0.29, 0.717) is 35.3 Å². The lowest BCUT2D eigenvalue weighted by Gasteiger charge is -2.11. The van der Waals surface area contributed by atoms with E-state index in [4.69, 9.17) is 16.3 Å². The summed E-state index contributed by atoms with van der Waals surface area (Å²) in [6, 6.07) is 7.94. The molecule has 2 aromatic rings. The van der Waals surface area contributed by atoms with Crippen LogP contribution in [0.2, 0.25) is 5.02 Å². The summed E-state index contributed by atoms with van der Waals surface area (Å²) in [6.45, 7) is 2.71. The monoisotopic (exact) mass is 307 g/mol. The maximum absolute atomic E-state index is 10.8. The molecule has 1 N–H and O–H groups in total. The third-order valence-corrected chi connectivity index (χ3v) is 3.13. The summed E-state index contributed by atoms with van der Waals surface area (Å²) in [5, 5.41) is 14.4. The van der Waals surface area contributed by atoms with Gasteiger partial charge in [-0.1, -0.05) is 11.6 Å². The number of hydrogen-bond donors (Lipinski definition) is 1. The van der Waals surface area contributed by atoms with Gasteiger partial charge in [-0.05, 0) is 30.7 Å². The van der Waals surface area contributed by atoms with Gasteiger partial charge in [0.05, 0.1) is 17.2 Å². The molecule has 0 saturated heterocycles. The molecule has 0 aliphatic carbocycles. The highest BCUT2D eigenvalue weighted by Crippen LogP contribution is 2.25. The molecule has 0 unspecified atom stereocenters. The van der Waals surface area contributed by atoms with Crippen molar-refractivity contribution in [3.63, 3.8) is 0 Å². The van der Waals surface area contributed by atoms with E-state index in [0.717, 1.165) is 0 Å². The Morgan fingerprint density at radius 3 is 2.95 bits per heavy atom. The van der Waals surface area contributed by atoms with Gasteiger partial charge in [-0.2, -0.15) is 0 Å². The van der Waals surface area contributed by atoms with Crippen LogP contribution in [0.4, 0.5) is 11.4 Å². The number of non-ortho nitro benzene ring substituents is 1. The van der Waals surface area contributed by atoms with Gasteiger partial charge < -0.3 is 10.1 Å². The van der Waals surface area contributed by atoms with Crippen LogP contribution in [-0.2, 0) is 6.54 Å². The van der Waals surface area contributed by atoms with Crippen molar-refractivity contribution in [2.45, 2.75) is 13.5 Å². The molecule has 2 rings (SSSR count). The van der Waals surface area contributed by atoms with Gasteiger partial charge in [-0.3, -0.25) is 10.1 Å². The lowest BCUT2D eigenvalue weighted by atomic mass is 10.2. The molecule has 21 heavy (non-hydrogen) atoms. The molecule has 0 amide bonds. The first kappa shape index (κ1) is 15.1. The number of rotatable bonds is 6. The Kier molecular flexibility index (Phi) is 4.94. The van der Waals surface area contributed by atoms with Crippen molar-refractivity contribution in [1.29, 1.82) is 0 Å². The van der Waals surface area contributed by atoms with E-state index in [-0.39, 0.29) is 5.69 Å². The first-order chi connectivity index (χ1) is 10.1. The molecule has 0 aliphatic heterocycles. The average molecular weight is 308 g/mol. The number of pyridine rings is 1. The molecule has 0 fully saturated rings. The summed E-state index contributed by atoms with van der Waals surface area (Å²) in [6.07, 6.45) is 1.64. The Labute approximate surface area is 126 Å². The van der Waals surface area contributed by atoms with Crippen molar-refractivity contribution >= 4 is 23.0 Å². The Morgan fingerprint density at radius 1 is 1.43 bits per heavy atom. The van der Waals surface area contributed by atoms with Crippen LogP contribution in [-0.4, -0.2) is 16.5 Å². The fourth-order valence-corrected chi connectivity index (χ4v) is 1.96. The van der Waals surface area contributed by atoms with Gasteiger partial charge in [0.2, 0.25) is 5.88 Å². The number of nitro groups is 1. The van der Waals surface area contributed by atoms with Crippen LogP contribution in [0.1, 0.15) is 12.5 Å². The topological polar surface area (TPSA) is 77.3 Å². The van der Waals surface area contributed by atoms with Crippen LogP contribution < -0.4 is 10.1 Å². The fraction of sp³-hybridized carbons (Fsp3) is 0.214. The van der Waals surface area contributed by atoms with Crippen LogP contribution in [0.15, 0.2) is 36.5 Å². The van der Waals surface area contributed by atoms with Gasteiger partial charge in [0, 0.05) is 29.9 Å². The quantitative estimate of drug-likeness (QED) is 0.651. The Morgan fingerprint density at radius 2 is 2.24 bits per heavy atom. The minimum absolute atomic E-state index is 0.00687. The number of hydrogen-bond acceptors (Lipinski definition) is 5. The van der Waals surface area contributed by atoms with Crippen LogP contribution >= 0.6 is 11.6 Å². The molecule has 1 aromatic carbocycles. The Hall–Kier alpha value is -2.34.